The third-order valence-electron chi connectivity index (χ3n) is 6.01. The minimum atomic E-state index is -4.67. The monoisotopic (exact) mass is 599 g/mol. The Morgan fingerprint density at radius 3 is 2.60 bits per heavy atom. The first kappa shape index (κ1) is 28.4. The minimum absolute atomic E-state index is 0.0136. The molecule has 0 aliphatic rings. The van der Waals surface area contributed by atoms with Crippen LogP contribution in [0.3, 0.4) is 0 Å². The molecule has 2 amide bonds. The van der Waals surface area contributed by atoms with Gasteiger partial charge in [0.2, 0.25) is 11.3 Å². The molecular formula is C26H20F3N7O5S. The fraction of sp³-hybridized carbons (Fsp3) is 0.192. The number of rotatable bonds is 7. The van der Waals surface area contributed by atoms with Crippen molar-refractivity contribution in [2.75, 3.05) is 11.9 Å². The number of thiazole rings is 1. The summed E-state index contributed by atoms with van der Waals surface area (Å²) < 4.78 is 46.6. The maximum atomic E-state index is 13.4. The highest BCUT2D eigenvalue weighted by atomic mass is 32.1. The van der Waals surface area contributed by atoms with Crippen molar-refractivity contribution < 1.29 is 32.4 Å². The van der Waals surface area contributed by atoms with Gasteiger partial charge in [-0.05, 0) is 30.7 Å². The van der Waals surface area contributed by atoms with E-state index >= 15 is 0 Å². The standard InChI is InChI=1S/C26H20F3N7O5S/c1-3-30-25(40)34-20-7-15(23-33-19(11-42-23)26(27,28)29)16(8-31-20)13-4-5-14-18(6-13)36(9-17(22(14)37)24(38)39)10-21-32-12(2)41-35-21/h4-9,11H,3,10H2,1-2H3,(H,38,39)(H2,30,31,34,40). The fourth-order valence-corrected chi connectivity index (χ4v) is 5.03. The molecule has 216 valence electrons. The fourth-order valence-electron chi connectivity index (χ4n) is 4.18. The number of carbonyl (C=O) groups excluding carboxylic acids is 1. The minimum Gasteiger partial charge on any atom is -0.477 e. The van der Waals surface area contributed by atoms with Crippen LogP contribution in [0.4, 0.5) is 23.8 Å². The Morgan fingerprint density at radius 1 is 1.17 bits per heavy atom. The van der Waals surface area contributed by atoms with E-state index in [1.54, 1.807) is 19.9 Å². The van der Waals surface area contributed by atoms with Crippen molar-refractivity contribution in [3.8, 4) is 21.7 Å². The second-order valence-corrected chi connectivity index (χ2v) is 9.76. The number of benzene rings is 1. The summed E-state index contributed by atoms with van der Waals surface area (Å²) in [6, 6.07) is 5.36. The Bertz CT molecular complexity index is 1900. The van der Waals surface area contributed by atoms with Crippen LogP contribution in [0.15, 0.2) is 51.4 Å². The smallest absolute Gasteiger partial charge is 0.434 e. The van der Waals surface area contributed by atoms with Gasteiger partial charge in [-0.15, -0.1) is 11.3 Å². The average Bonchev–Trinajstić information content (AvgIpc) is 3.59. The van der Waals surface area contributed by atoms with Gasteiger partial charge in [-0.2, -0.15) is 18.2 Å². The van der Waals surface area contributed by atoms with E-state index in [0.29, 0.717) is 23.2 Å². The molecule has 4 heterocycles. The third-order valence-corrected chi connectivity index (χ3v) is 6.89. The van der Waals surface area contributed by atoms with E-state index in [2.05, 4.69) is 30.7 Å². The number of hydrogen-bond acceptors (Lipinski definition) is 9. The Hall–Kier alpha value is -5.12. The first-order chi connectivity index (χ1) is 19.9. The number of amides is 2. The SMILES string of the molecule is CCNC(=O)Nc1cc(-c2nc(C(F)(F)F)cs2)c(-c2ccc3c(=O)c(C(=O)O)cn(Cc4noc(C)n4)c3c2)cn1. The van der Waals surface area contributed by atoms with Crippen LogP contribution in [0.25, 0.3) is 32.6 Å². The molecule has 16 heteroatoms. The van der Waals surface area contributed by atoms with Crippen molar-refractivity contribution in [1.82, 2.24) is 30.0 Å². The molecule has 0 saturated carbocycles. The Morgan fingerprint density at radius 2 is 1.95 bits per heavy atom. The first-order valence-electron chi connectivity index (χ1n) is 12.2. The van der Waals surface area contributed by atoms with Crippen LogP contribution in [-0.2, 0) is 12.7 Å². The highest BCUT2D eigenvalue weighted by Crippen LogP contribution is 2.39. The molecular weight excluding hydrogens is 579 g/mol. The van der Waals surface area contributed by atoms with Crippen LogP contribution in [0.1, 0.15) is 34.7 Å². The number of nitrogens with zero attached hydrogens (tertiary/aromatic N) is 5. The van der Waals surface area contributed by atoms with Gasteiger partial charge in [0, 0.05) is 47.8 Å². The van der Waals surface area contributed by atoms with Gasteiger partial charge in [-0.3, -0.25) is 10.1 Å². The molecule has 1 aromatic carbocycles. The zero-order valence-corrected chi connectivity index (χ0v) is 22.6. The molecule has 0 saturated heterocycles. The lowest BCUT2D eigenvalue weighted by Crippen LogP contribution is -2.28. The molecule has 0 bridgehead atoms. The van der Waals surface area contributed by atoms with E-state index in [0.717, 1.165) is 22.9 Å². The molecule has 12 nitrogen and oxygen atoms in total. The second-order valence-electron chi connectivity index (χ2n) is 8.90. The number of anilines is 1. The summed E-state index contributed by atoms with van der Waals surface area (Å²) in [4.78, 5) is 49.0. The number of halogens is 3. The lowest BCUT2D eigenvalue weighted by atomic mass is 9.99. The maximum Gasteiger partial charge on any atom is 0.434 e. The quantitative estimate of drug-likeness (QED) is 0.239. The lowest BCUT2D eigenvalue weighted by Gasteiger charge is -2.14. The number of pyridine rings is 2. The third kappa shape index (κ3) is 5.69. The van der Waals surface area contributed by atoms with E-state index in [9.17, 15) is 32.7 Å². The average molecular weight is 600 g/mol. The number of fused-ring (bicyclic) bond motifs is 1. The number of hydrogen-bond donors (Lipinski definition) is 3. The van der Waals surface area contributed by atoms with Crippen LogP contribution >= 0.6 is 11.3 Å². The predicted molar refractivity (Wildman–Crippen MR) is 145 cm³/mol. The van der Waals surface area contributed by atoms with Crippen molar-refractivity contribution >= 4 is 40.1 Å². The van der Waals surface area contributed by atoms with Crippen LogP contribution in [0, 0.1) is 6.92 Å². The van der Waals surface area contributed by atoms with Crippen molar-refractivity contribution in [2.45, 2.75) is 26.6 Å². The van der Waals surface area contributed by atoms with Crippen LogP contribution in [0.5, 0.6) is 0 Å². The molecule has 3 N–H and O–H groups in total. The summed E-state index contributed by atoms with van der Waals surface area (Å²) in [5, 5.41) is 19.5. The molecule has 0 fully saturated rings. The van der Waals surface area contributed by atoms with E-state index in [1.807, 2.05) is 0 Å². The molecule has 0 aliphatic carbocycles. The van der Waals surface area contributed by atoms with Gasteiger partial charge in [0.1, 0.15) is 16.4 Å². The first-order valence-corrected chi connectivity index (χ1v) is 13.1. The number of nitrogens with one attached hydrogen (secondary N) is 2. The van der Waals surface area contributed by atoms with E-state index in [1.165, 1.54) is 29.0 Å². The maximum absolute atomic E-state index is 13.4. The van der Waals surface area contributed by atoms with Crippen molar-refractivity contribution in [2.24, 2.45) is 0 Å². The molecule has 0 atom stereocenters. The molecule has 0 unspecified atom stereocenters. The Labute approximate surface area is 237 Å². The molecule has 42 heavy (non-hydrogen) atoms. The molecule has 0 spiro atoms. The normalized spacial score (nSPS) is 11.5. The van der Waals surface area contributed by atoms with Crippen LogP contribution < -0.4 is 16.1 Å². The summed E-state index contributed by atoms with van der Waals surface area (Å²) in [6.45, 7) is 3.60. The topological polar surface area (TPSA) is 165 Å². The number of alkyl halides is 3. The van der Waals surface area contributed by atoms with Crippen molar-refractivity contribution in [3.05, 3.63) is 75.2 Å². The van der Waals surface area contributed by atoms with Crippen molar-refractivity contribution in [1.29, 1.82) is 0 Å². The van der Waals surface area contributed by atoms with E-state index in [-0.39, 0.29) is 40.0 Å². The predicted octanol–water partition coefficient (Wildman–Crippen LogP) is 4.79. The molecule has 0 aliphatic heterocycles. The van der Waals surface area contributed by atoms with Crippen molar-refractivity contribution in [3.63, 3.8) is 0 Å². The van der Waals surface area contributed by atoms with Gasteiger partial charge in [-0.1, -0.05) is 11.2 Å². The summed E-state index contributed by atoms with van der Waals surface area (Å²) in [5.74, 6) is -0.840. The van der Waals surface area contributed by atoms with Gasteiger partial charge in [-0.25, -0.2) is 19.6 Å². The highest BCUT2D eigenvalue weighted by molar-refractivity contribution is 7.13. The van der Waals surface area contributed by atoms with Gasteiger partial charge in [0.15, 0.2) is 11.5 Å². The number of aryl methyl sites for hydroxylation is 1. The number of carboxylic acid groups (broad SMARTS) is 1. The zero-order valence-electron chi connectivity index (χ0n) is 21.8. The zero-order chi connectivity index (χ0) is 30.2. The number of carboxylic acids is 1. The number of aromatic nitrogens is 5. The van der Waals surface area contributed by atoms with Gasteiger partial charge in [0.25, 0.3) is 0 Å². The molecule has 4 aromatic heterocycles. The largest absolute Gasteiger partial charge is 0.477 e. The van der Waals surface area contributed by atoms with Gasteiger partial charge >= 0.3 is 18.2 Å². The number of carbonyl (C=O) groups is 2. The summed E-state index contributed by atoms with van der Waals surface area (Å²) in [7, 11) is 0. The summed E-state index contributed by atoms with van der Waals surface area (Å²) >= 11 is 0.760. The van der Waals surface area contributed by atoms with E-state index < -0.39 is 34.9 Å². The van der Waals surface area contributed by atoms with Gasteiger partial charge < -0.3 is 19.5 Å². The highest BCUT2D eigenvalue weighted by Gasteiger charge is 2.34. The molecule has 5 aromatic rings. The van der Waals surface area contributed by atoms with Crippen LogP contribution in [-0.4, -0.2) is 48.3 Å². The number of urea groups is 1. The lowest BCUT2D eigenvalue weighted by molar-refractivity contribution is -0.140. The van der Waals surface area contributed by atoms with E-state index in [4.69, 9.17) is 4.52 Å². The second kappa shape index (κ2) is 11.0. The summed E-state index contributed by atoms with van der Waals surface area (Å²) in [5.41, 5.74) is -0.957. The Kier molecular flexibility index (Phi) is 7.47. The molecule has 5 rings (SSSR count). The molecule has 0 radical (unpaired) electrons. The summed E-state index contributed by atoms with van der Waals surface area (Å²) in [6.07, 6.45) is -2.14. The van der Waals surface area contributed by atoms with Crippen LogP contribution in [0.2, 0.25) is 0 Å². The number of aromatic carboxylic acids is 1. The Balaban J connectivity index is 1.69. The van der Waals surface area contributed by atoms with Gasteiger partial charge in [0.05, 0.1) is 12.1 Å².